The normalized spacial score (nSPS) is 10.3. The fraction of sp³-hybridized carbons (Fsp3) is 0.462. The van der Waals surface area contributed by atoms with Crippen LogP contribution in [0.2, 0.25) is 0 Å². The van der Waals surface area contributed by atoms with E-state index in [2.05, 4.69) is 0 Å². The number of alkyl halides is 1. The van der Waals surface area contributed by atoms with Crippen molar-refractivity contribution in [2.24, 2.45) is 0 Å². The first kappa shape index (κ1) is 16.4. The lowest BCUT2D eigenvalue weighted by Gasteiger charge is -2.21. The first-order valence-corrected chi connectivity index (χ1v) is 6.64. The molecule has 7 heteroatoms. The highest BCUT2D eigenvalue weighted by Gasteiger charge is 2.24. The van der Waals surface area contributed by atoms with Crippen LogP contribution in [0.3, 0.4) is 0 Å². The van der Waals surface area contributed by atoms with Crippen molar-refractivity contribution in [2.75, 3.05) is 32.7 Å². The van der Waals surface area contributed by atoms with E-state index in [1.54, 1.807) is 13.0 Å². The van der Waals surface area contributed by atoms with Crippen molar-refractivity contribution in [1.82, 2.24) is 4.90 Å². The first-order chi connectivity index (χ1) is 9.51. The molecule has 0 heterocycles. The van der Waals surface area contributed by atoms with Crippen LogP contribution in [-0.2, 0) is 4.74 Å². The number of nitro groups is 1. The molecule has 110 valence electrons. The van der Waals surface area contributed by atoms with Gasteiger partial charge in [-0.05, 0) is 18.6 Å². The van der Waals surface area contributed by atoms with Gasteiger partial charge in [0.2, 0.25) is 0 Å². The SMILES string of the molecule is COCCN(CCCl)C(=O)c1cc(C)ccc1[N+](=O)[O-]. The molecule has 0 N–H and O–H groups in total. The zero-order chi connectivity index (χ0) is 15.1. The molecule has 0 aromatic heterocycles. The van der Waals surface area contributed by atoms with Gasteiger partial charge in [0.25, 0.3) is 11.6 Å². The van der Waals surface area contributed by atoms with Crippen molar-refractivity contribution >= 4 is 23.2 Å². The average molecular weight is 301 g/mol. The molecule has 1 amide bonds. The Bertz CT molecular complexity index is 493. The first-order valence-electron chi connectivity index (χ1n) is 6.10. The van der Waals surface area contributed by atoms with Gasteiger partial charge in [-0.3, -0.25) is 14.9 Å². The molecule has 0 spiro atoms. The second-order valence-corrected chi connectivity index (χ2v) is 4.63. The highest BCUT2D eigenvalue weighted by molar-refractivity contribution is 6.18. The summed E-state index contributed by atoms with van der Waals surface area (Å²) in [5, 5.41) is 11.0. The Hall–Kier alpha value is -1.66. The van der Waals surface area contributed by atoms with Crippen LogP contribution in [0, 0.1) is 17.0 Å². The second-order valence-electron chi connectivity index (χ2n) is 4.25. The molecule has 0 saturated carbocycles. The highest BCUT2D eigenvalue weighted by Crippen LogP contribution is 2.21. The van der Waals surface area contributed by atoms with Gasteiger partial charge in [-0.2, -0.15) is 0 Å². The van der Waals surface area contributed by atoms with E-state index in [-0.39, 0.29) is 17.1 Å². The number of nitrogens with zero attached hydrogens (tertiary/aromatic N) is 2. The third-order valence-electron chi connectivity index (χ3n) is 2.79. The topological polar surface area (TPSA) is 72.7 Å². The van der Waals surface area contributed by atoms with E-state index in [9.17, 15) is 14.9 Å². The lowest BCUT2D eigenvalue weighted by molar-refractivity contribution is -0.385. The number of amides is 1. The molecule has 20 heavy (non-hydrogen) atoms. The van der Waals surface area contributed by atoms with E-state index in [4.69, 9.17) is 16.3 Å². The summed E-state index contributed by atoms with van der Waals surface area (Å²) in [6.45, 7) is 2.78. The lowest BCUT2D eigenvalue weighted by atomic mass is 10.1. The molecule has 0 aliphatic heterocycles. The molecule has 0 unspecified atom stereocenters. The van der Waals surface area contributed by atoms with Crippen molar-refractivity contribution in [3.05, 3.63) is 39.4 Å². The Morgan fingerprint density at radius 3 is 2.70 bits per heavy atom. The minimum absolute atomic E-state index is 0.0798. The van der Waals surface area contributed by atoms with Gasteiger partial charge in [0.05, 0.1) is 11.5 Å². The zero-order valence-electron chi connectivity index (χ0n) is 11.5. The molecule has 6 nitrogen and oxygen atoms in total. The Kier molecular flexibility index (Phi) is 6.41. The van der Waals surface area contributed by atoms with Crippen LogP contribution in [0.4, 0.5) is 5.69 Å². The van der Waals surface area contributed by atoms with Crippen LogP contribution in [0.15, 0.2) is 18.2 Å². The van der Waals surface area contributed by atoms with Gasteiger partial charge < -0.3 is 9.64 Å². The van der Waals surface area contributed by atoms with Crippen molar-refractivity contribution in [3.8, 4) is 0 Å². The minimum Gasteiger partial charge on any atom is -0.383 e. The Morgan fingerprint density at radius 1 is 1.45 bits per heavy atom. The summed E-state index contributed by atoms with van der Waals surface area (Å²) in [6.07, 6.45) is 0. The van der Waals surface area contributed by atoms with Gasteiger partial charge in [-0.15, -0.1) is 11.6 Å². The molecule has 0 saturated heterocycles. The molecule has 0 atom stereocenters. The van der Waals surface area contributed by atoms with Gasteiger partial charge in [0.1, 0.15) is 5.56 Å². The smallest absolute Gasteiger partial charge is 0.282 e. The third-order valence-corrected chi connectivity index (χ3v) is 2.96. The number of carbonyl (C=O) groups excluding carboxylic acids is 1. The number of methoxy groups -OCH3 is 1. The van der Waals surface area contributed by atoms with Crippen LogP contribution >= 0.6 is 11.6 Å². The summed E-state index contributed by atoms with van der Waals surface area (Å²) in [5.41, 5.74) is 0.672. The van der Waals surface area contributed by atoms with Gasteiger partial charge in [0.15, 0.2) is 0 Å². The van der Waals surface area contributed by atoms with E-state index in [0.717, 1.165) is 5.56 Å². The summed E-state index contributed by atoms with van der Waals surface area (Å²) in [5.74, 6) is -0.146. The van der Waals surface area contributed by atoms with E-state index >= 15 is 0 Å². The maximum absolute atomic E-state index is 12.4. The number of ether oxygens (including phenoxy) is 1. The van der Waals surface area contributed by atoms with Crippen molar-refractivity contribution in [1.29, 1.82) is 0 Å². The lowest BCUT2D eigenvalue weighted by Crippen LogP contribution is -2.35. The maximum Gasteiger partial charge on any atom is 0.282 e. The number of nitro benzene ring substituents is 1. The summed E-state index contributed by atoms with van der Waals surface area (Å²) in [7, 11) is 1.53. The summed E-state index contributed by atoms with van der Waals surface area (Å²) >= 11 is 5.67. The fourth-order valence-corrected chi connectivity index (χ4v) is 1.97. The quantitative estimate of drug-likeness (QED) is 0.440. The maximum atomic E-state index is 12.4. The van der Waals surface area contributed by atoms with Crippen molar-refractivity contribution in [2.45, 2.75) is 6.92 Å². The molecule has 0 aliphatic rings. The number of carbonyl (C=O) groups is 1. The van der Waals surface area contributed by atoms with Gasteiger partial charge in [0, 0.05) is 32.1 Å². The Morgan fingerprint density at radius 2 is 2.15 bits per heavy atom. The Balaban J connectivity index is 3.09. The predicted octanol–water partition coefficient (Wildman–Crippen LogP) is 2.23. The third kappa shape index (κ3) is 4.18. The van der Waals surface area contributed by atoms with E-state index in [1.165, 1.54) is 24.1 Å². The van der Waals surface area contributed by atoms with Gasteiger partial charge in [-0.25, -0.2) is 0 Å². The zero-order valence-corrected chi connectivity index (χ0v) is 12.2. The number of rotatable bonds is 7. The molecule has 0 aliphatic carbocycles. The Labute approximate surface area is 122 Å². The van der Waals surface area contributed by atoms with Crippen LogP contribution < -0.4 is 0 Å². The van der Waals surface area contributed by atoms with Crippen LogP contribution in [0.1, 0.15) is 15.9 Å². The number of aryl methyl sites for hydroxylation is 1. The average Bonchev–Trinajstić information content (AvgIpc) is 2.42. The van der Waals surface area contributed by atoms with Crippen molar-refractivity contribution in [3.63, 3.8) is 0 Å². The molecule has 0 bridgehead atoms. The monoisotopic (exact) mass is 300 g/mol. The molecule has 1 aromatic rings. The van der Waals surface area contributed by atoms with E-state index in [0.29, 0.717) is 19.7 Å². The molecular weight excluding hydrogens is 284 g/mol. The van der Waals surface area contributed by atoms with Crippen molar-refractivity contribution < 1.29 is 14.5 Å². The summed E-state index contributed by atoms with van der Waals surface area (Å²) in [6, 6.07) is 4.47. The summed E-state index contributed by atoms with van der Waals surface area (Å²) in [4.78, 5) is 24.3. The molecule has 1 aromatic carbocycles. The molecule has 0 radical (unpaired) electrons. The number of halogens is 1. The van der Waals surface area contributed by atoms with E-state index < -0.39 is 10.8 Å². The number of hydrogen-bond donors (Lipinski definition) is 0. The fourth-order valence-electron chi connectivity index (χ4n) is 1.77. The standard InChI is InChI=1S/C13H17ClN2O4/c1-10-3-4-12(16(18)19)11(9-10)13(17)15(6-5-14)7-8-20-2/h3-4,9H,5-8H2,1-2H3. The van der Waals surface area contributed by atoms with Gasteiger partial charge in [-0.1, -0.05) is 6.07 Å². The minimum atomic E-state index is -0.554. The molecular formula is C13H17ClN2O4. The van der Waals surface area contributed by atoms with E-state index in [1.807, 2.05) is 0 Å². The van der Waals surface area contributed by atoms with Crippen LogP contribution in [0.25, 0.3) is 0 Å². The predicted molar refractivity (Wildman–Crippen MR) is 76.3 cm³/mol. The molecule has 0 fully saturated rings. The number of hydrogen-bond acceptors (Lipinski definition) is 4. The molecule has 1 rings (SSSR count). The summed E-state index contributed by atoms with van der Waals surface area (Å²) < 4.78 is 4.94. The largest absolute Gasteiger partial charge is 0.383 e. The number of benzene rings is 1. The highest BCUT2D eigenvalue weighted by atomic mass is 35.5. The van der Waals surface area contributed by atoms with Crippen LogP contribution in [0.5, 0.6) is 0 Å². The second kappa shape index (κ2) is 7.81. The van der Waals surface area contributed by atoms with Gasteiger partial charge >= 0.3 is 0 Å². The van der Waals surface area contributed by atoms with Crippen LogP contribution in [-0.4, -0.2) is 48.4 Å².